The predicted molar refractivity (Wildman–Crippen MR) is 127 cm³/mol. The molecule has 4 rings (SSSR count). The van der Waals surface area contributed by atoms with E-state index in [1.165, 1.54) is 5.56 Å². The molecule has 1 aromatic heterocycles. The average Bonchev–Trinajstić information content (AvgIpc) is 3.22. The van der Waals surface area contributed by atoms with E-state index in [0.29, 0.717) is 16.4 Å². The SMILES string of the molecule is Cc1cc(/C=C2\C=C(c3ccc(C(C)(C)C)cc3)OC2=O)c(C)n1-c1ccc(Cl)cc1. The summed E-state index contributed by atoms with van der Waals surface area (Å²) in [6.45, 7) is 10.6. The van der Waals surface area contributed by atoms with E-state index in [0.717, 1.165) is 28.2 Å². The number of nitrogens with zero attached hydrogens (tertiary/aromatic N) is 1. The molecule has 1 aliphatic rings. The van der Waals surface area contributed by atoms with Crippen molar-refractivity contribution in [2.75, 3.05) is 0 Å². The lowest BCUT2D eigenvalue weighted by atomic mass is 9.86. The molecule has 3 nitrogen and oxygen atoms in total. The van der Waals surface area contributed by atoms with Gasteiger partial charge in [0.25, 0.3) is 0 Å². The van der Waals surface area contributed by atoms with Gasteiger partial charge in [-0.1, -0.05) is 56.6 Å². The monoisotopic (exact) mass is 431 g/mol. The Morgan fingerprint density at radius 1 is 0.968 bits per heavy atom. The number of hydrogen-bond acceptors (Lipinski definition) is 2. The lowest BCUT2D eigenvalue weighted by Gasteiger charge is -2.19. The number of carbonyl (C=O) groups excluding carboxylic acids is 1. The number of rotatable bonds is 3. The smallest absolute Gasteiger partial charge is 0.343 e. The molecule has 0 radical (unpaired) electrons. The molecule has 3 aromatic rings. The molecule has 0 aliphatic carbocycles. The largest absolute Gasteiger partial charge is 0.422 e. The molecule has 31 heavy (non-hydrogen) atoms. The maximum atomic E-state index is 12.5. The molecule has 4 heteroatoms. The van der Waals surface area contributed by atoms with Crippen LogP contribution in [0, 0.1) is 13.8 Å². The van der Waals surface area contributed by atoms with E-state index >= 15 is 0 Å². The Morgan fingerprint density at radius 2 is 1.61 bits per heavy atom. The molecule has 0 amide bonds. The fourth-order valence-electron chi connectivity index (χ4n) is 3.85. The Morgan fingerprint density at radius 3 is 2.23 bits per heavy atom. The maximum absolute atomic E-state index is 12.5. The number of carbonyl (C=O) groups is 1. The molecular formula is C27H26ClNO2. The average molecular weight is 432 g/mol. The van der Waals surface area contributed by atoms with Gasteiger partial charge in [0.15, 0.2) is 0 Å². The van der Waals surface area contributed by atoms with Crippen LogP contribution in [0.15, 0.2) is 66.2 Å². The minimum atomic E-state index is -0.328. The first kappa shape index (κ1) is 21.2. The topological polar surface area (TPSA) is 31.2 Å². The van der Waals surface area contributed by atoms with Crippen LogP contribution in [0.2, 0.25) is 5.02 Å². The molecule has 2 aromatic carbocycles. The predicted octanol–water partition coefficient (Wildman–Crippen LogP) is 7.03. The van der Waals surface area contributed by atoms with Crippen LogP contribution in [-0.4, -0.2) is 10.5 Å². The highest BCUT2D eigenvalue weighted by Gasteiger charge is 2.23. The van der Waals surface area contributed by atoms with Gasteiger partial charge in [-0.3, -0.25) is 0 Å². The number of hydrogen-bond donors (Lipinski definition) is 0. The zero-order valence-corrected chi connectivity index (χ0v) is 19.2. The van der Waals surface area contributed by atoms with Gasteiger partial charge < -0.3 is 9.30 Å². The van der Waals surface area contributed by atoms with E-state index in [4.69, 9.17) is 16.3 Å². The van der Waals surface area contributed by atoms with Gasteiger partial charge in [-0.25, -0.2) is 4.79 Å². The van der Waals surface area contributed by atoms with Crippen LogP contribution in [0.4, 0.5) is 0 Å². The van der Waals surface area contributed by atoms with Crippen molar-refractivity contribution in [3.63, 3.8) is 0 Å². The van der Waals surface area contributed by atoms with Gasteiger partial charge in [-0.05, 0) is 72.9 Å². The van der Waals surface area contributed by atoms with Crippen molar-refractivity contribution >= 4 is 29.4 Å². The minimum Gasteiger partial charge on any atom is -0.422 e. The van der Waals surface area contributed by atoms with Crippen molar-refractivity contribution in [1.29, 1.82) is 0 Å². The summed E-state index contributed by atoms with van der Waals surface area (Å²) in [6, 6.07) is 18.0. The second-order valence-electron chi connectivity index (χ2n) is 8.96. The summed E-state index contributed by atoms with van der Waals surface area (Å²) in [5, 5.41) is 0.704. The lowest BCUT2D eigenvalue weighted by molar-refractivity contribution is -0.130. The first-order chi connectivity index (χ1) is 14.6. The summed E-state index contributed by atoms with van der Waals surface area (Å²) in [5.74, 6) is 0.259. The van der Waals surface area contributed by atoms with Crippen LogP contribution < -0.4 is 0 Å². The zero-order valence-electron chi connectivity index (χ0n) is 18.5. The van der Waals surface area contributed by atoms with E-state index in [9.17, 15) is 4.79 Å². The van der Waals surface area contributed by atoms with Crippen molar-refractivity contribution in [3.8, 4) is 5.69 Å². The number of aryl methyl sites for hydroxylation is 1. The van der Waals surface area contributed by atoms with E-state index in [-0.39, 0.29) is 11.4 Å². The van der Waals surface area contributed by atoms with Crippen LogP contribution in [0.25, 0.3) is 17.5 Å². The summed E-state index contributed by atoms with van der Waals surface area (Å²) < 4.78 is 7.72. The van der Waals surface area contributed by atoms with Gasteiger partial charge in [-0.15, -0.1) is 0 Å². The van der Waals surface area contributed by atoms with Crippen molar-refractivity contribution in [2.45, 2.75) is 40.0 Å². The summed E-state index contributed by atoms with van der Waals surface area (Å²) >= 11 is 6.03. The fourth-order valence-corrected chi connectivity index (χ4v) is 3.98. The molecule has 0 saturated carbocycles. The molecule has 2 heterocycles. The Balaban J connectivity index is 1.66. The van der Waals surface area contributed by atoms with Crippen molar-refractivity contribution < 1.29 is 9.53 Å². The number of aromatic nitrogens is 1. The van der Waals surface area contributed by atoms with Crippen LogP contribution in [0.3, 0.4) is 0 Å². The minimum absolute atomic E-state index is 0.0803. The van der Waals surface area contributed by atoms with Gasteiger partial charge in [-0.2, -0.15) is 0 Å². The molecule has 0 N–H and O–H groups in total. The molecule has 0 saturated heterocycles. The third-order valence-corrected chi connectivity index (χ3v) is 5.88. The summed E-state index contributed by atoms with van der Waals surface area (Å²) in [6.07, 6.45) is 3.72. The first-order valence-corrected chi connectivity index (χ1v) is 10.7. The van der Waals surface area contributed by atoms with Gasteiger partial charge >= 0.3 is 5.97 Å². The highest BCUT2D eigenvalue weighted by molar-refractivity contribution is 6.30. The Hall–Kier alpha value is -3.04. The van der Waals surface area contributed by atoms with E-state index in [2.05, 4.69) is 50.5 Å². The number of cyclic esters (lactones) is 1. The second kappa shape index (κ2) is 7.90. The molecule has 0 unspecified atom stereocenters. The Bertz CT molecular complexity index is 1200. The van der Waals surface area contributed by atoms with Crippen LogP contribution in [0.1, 0.15) is 48.8 Å². The van der Waals surface area contributed by atoms with Crippen molar-refractivity contribution in [1.82, 2.24) is 4.57 Å². The normalized spacial score (nSPS) is 15.4. The van der Waals surface area contributed by atoms with Gasteiger partial charge in [0, 0.05) is 27.7 Å². The Kier molecular flexibility index (Phi) is 5.40. The van der Waals surface area contributed by atoms with Crippen LogP contribution in [0.5, 0.6) is 0 Å². The lowest BCUT2D eigenvalue weighted by Crippen LogP contribution is -2.10. The zero-order chi connectivity index (χ0) is 22.3. The van der Waals surface area contributed by atoms with E-state index < -0.39 is 0 Å². The van der Waals surface area contributed by atoms with Gasteiger partial charge in [0.1, 0.15) is 5.76 Å². The summed E-state index contributed by atoms with van der Waals surface area (Å²) in [4.78, 5) is 12.5. The maximum Gasteiger partial charge on any atom is 0.343 e. The summed E-state index contributed by atoms with van der Waals surface area (Å²) in [5.41, 5.74) is 6.93. The molecule has 158 valence electrons. The van der Waals surface area contributed by atoms with E-state index in [1.807, 2.05) is 55.5 Å². The van der Waals surface area contributed by atoms with Crippen molar-refractivity contribution in [2.24, 2.45) is 0 Å². The van der Waals surface area contributed by atoms with E-state index in [1.54, 1.807) is 0 Å². The van der Waals surface area contributed by atoms with Crippen LogP contribution >= 0.6 is 11.6 Å². The third kappa shape index (κ3) is 4.24. The Labute approximate surface area is 188 Å². The molecule has 0 atom stereocenters. The third-order valence-electron chi connectivity index (χ3n) is 5.63. The fraction of sp³-hybridized carbons (Fsp3) is 0.222. The first-order valence-electron chi connectivity index (χ1n) is 10.3. The molecular weight excluding hydrogens is 406 g/mol. The molecule has 0 spiro atoms. The highest BCUT2D eigenvalue weighted by Crippen LogP contribution is 2.31. The second-order valence-corrected chi connectivity index (χ2v) is 9.40. The van der Waals surface area contributed by atoms with Gasteiger partial charge in [0.2, 0.25) is 0 Å². The van der Waals surface area contributed by atoms with Crippen molar-refractivity contribution in [3.05, 3.63) is 99.3 Å². The van der Waals surface area contributed by atoms with Gasteiger partial charge in [0.05, 0.1) is 5.57 Å². The highest BCUT2D eigenvalue weighted by atomic mass is 35.5. The van der Waals surface area contributed by atoms with Crippen LogP contribution in [-0.2, 0) is 14.9 Å². The number of esters is 1. The quantitative estimate of drug-likeness (QED) is 0.329. The standard InChI is InChI=1S/C27H26ClNO2/c1-17-14-20(18(2)29(17)24-12-10-23(28)11-13-24)15-21-16-25(31-26(21)30)19-6-8-22(9-7-19)27(3,4)5/h6-16H,1-5H3/b21-15+. The number of benzene rings is 2. The number of halogens is 1. The molecule has 0 fully saturated rings. The number of ether oxygens (including phenoxy) is 1. The molecule has 0 bridgehead atoms. The molecule has 1 aliphatic heterocycles. The summed E-state index contributed by atoms with van der Waals surface area (Å²) in [7, 11) is 0.